The van der Waals surface area contributed by atoms with Gasteiger partial charge in [0, 0.05) is 10.9 Å². The molecule has 3 rings (SSSR count). The van der Waals surface area contributed by atoms with Crippen LogP contribution in [-0.2, 0) is 4.79 Å². The third-order valence-corrected chi connectivity index (χ3v) is 4.30. The lowest BCUT2D eigenvalue weighted by Crippen LogP contribution is -2.23. The summed E-state index contributed by atoms with van der Waals surface area (Å²) in [5.74, 6) is -1.29. The van der Waals surface area contributed by atoms with Crippen LogP contribution in [0.1, 0.15) is 32.4 Å². The Morgan fingerprint density at radius 1 is 1.07 bits per heavy atom. The standard InChI is InChI=1S/C21H20FNO4/c1-11(2)19-18(13-4-6-14(22)7-5-13)16-9-8-15(24)10-17(16)20(23-19)27-12(3)21(25)26/h4-12,24H,1-3H3,(H,25,26). The molecule has 6 heteroatoms. The van der Waals surface area contributed by atoms with E-state index in [4.69, 9.17) is 9.84 Å². The minimum atomic E-state index is -1.11. The van der Waals surface area contributed by atoms with E-state index in [0.717, 1.165) is 16.5 Å². The van der Waals surface area contributed by atoms with Crippen LogP contribution in [-0.4, -0.2) is 27.3 Å². The zero-order valence-electron chi connectivity index (χ0n) is 15.2. The molecule has 2 aromatic carbocycles. The van der Waals surface area contributed by atoms with Gasteiger partial charge in [-0.05, 0) is 54.1 Å². The smallest absolute Gasteiger partial charge is 0.344 e. The van der Waals surface area contributed by atoms with Crippen molar-refractivity contribution in [3.63, 3.8) is 0 Å². The van der Waals surface area contributed by atoms with Crippen LogP contribution >= 0.6 is 0 Å². The number of pyridine rings is 1. The lowest BCUT2D eigenvalue weighted by molar-refractivity contribution is -0.144. The Kier molecular flexibility index (Phi) is 4.99. The first-order valence-electron chi connectivity index (χ1n) is 8.60. The highest BCUT2D eigenvalue weighted by molar-refractivity contribution is 6.01. The summed E-state index contributed by atoms with van der Waals surface area (Å²) >= 11 is 0. The van der Waals surface area contributed by atoms with Gasteiger partial charge in [-0.15, -0.1) is 0 Å². The lowest BCUT2D eigenvalue weighted by atomic mass is 9.92. The molecule has 0 spiro atoms. The third-order valence-electron chi connectivity index (χ3n) is 4.30. The van der Waals surface area contributed by atoms with Crippen molar-refractivity contribution < 1.29 is 24.1 Å². The Bertz CT molecular complexity index is 999. The number of nitrogens with zero attached hydrogens (tertiary/aromatic N) is 1. The summed E-state index contributed by atoms with van der Waals surface area (Å²) in [6.45, 7) is 5.35. The van der Waals surface area contributed by atoms with Crippen LogP contribution < -0.4 is 4.74 Å². The number of phenols is 1. The highest BCUT2D eigenvalue weighted by Gasteiger charge is 2.22. The second-order valence-corrected chi connectivity index (χ2v) is 6.67. The molecule has 1 unspecified atom stereocenters. The van der Waals surface area contributed by atoms with E-state index >= 15 is 0 Å². The maximum Gasteiger partial charge on any atom is 0.344 e. The minimum absolute atomic E-state index is 0.00532. The van der Waals surface area contributed by atoms with Crippen LogP contribution in [0.5, 0.6) is 11.6 Å². The van der Waals surface area contributed by atoms with Crippen LogP contribution in [0, 0.1) is 5.82 Å². The van der Waals surface area contributed by atoms with Gasteiger partial charge in [-0.3, -0.25) is 0 Å². The predicted molar refractivity (Wildman–Crippen MR) is 101 cm³/mol. The van der Waals surface area contributed by atoms with Crippen molar-refractivity contribution in [1.82, 2.24) is 4.98 Å². The maximum absolute atomic E-state index is 13.4. The lowest BCUT2D eigenvalue weighted by Gasteiger charge is -2.19. The molecule has 3 aromatic rings. The van der Waals surface area contributed by atoms with Crippen LogP contribution in [0.4, 0.5) is 4.39 Å². The van der Waals surface area contributed by atoms with Crippen molar-refractivity contribution in [2.45, 2.75) is 32.8 Å². The van der Waals surface area contributed by atoms with Gasteiger partial charge in [0.15, 0.2) is 6.10 Å². The van der Waals surface area contributed by atoms with E-state index in [2.05, 4.69) is 4.98 Å². The first kappa shape index (κ1) is 18.6. The molecule has 27 heavy (non-hydrogen) atoms. The van der Waals surface area contributed by atoms with Crippen LogP contribution in [0.15, 0.2) is 42.5 Å². The number of benzene rings is 2. The summed E-state index contributed by atoms with van der Waals surface area (Å²) in [4.78, 5) is 15.8. The second kappa shape index (κ2) is 7.23. The summed E-state index contributed by atoms with van der Waals surface area (Å²) in [5, 5.41) is 20.3. The number of phenolic OH excluding ortho intramolecular Hbond substituents is 1. The molecule has 140 valence electrons. The molecule has 1 aromatic heterocycles. The third kappa shape index (κ3) is 3.69. The Labute approximate surface area is 156 Å². The number of carbonyl (C=O) groups is 1. The fourth-order valence-corrected chi connectivity index (χ4v) is 2.94. The molecule has 0 aliphatic heterocycles. The highest BCUT2D eigenvalue weighted by atomic mass is 19.1. The zero-order valence-corrected chi connectivity index (χ0v) is 15.2. The number of carboxylic acid groups (broad SMARTS) is 1. The summed E-state index contributed by atoms with van der Waals surface area (Å²) in [6, 6.07) is 10.9. The normalized spacial score (nSPS) is 12.3. The van der Waals surface area contributed by atoms with Crippen molar-refractivity contribution in [3.8, 4) is 22.8 Å². The van der Waals surface area contributed by atoms with Gasteiger partial charge in [-0.25, -0.2) is 14.2 Å². The van der Waals surface area contributed by atoms with Crippen LogP contribution in [0.3, 0.4) is 0 Å². The number of aromatic hydroxyl groups is 1. The van der Waals surface area contributed by atoms with Crippen molar-refractivity contribution in [1.29, 1.82) is 0 Å². The number of rotatable bonds is 5. The number of aliphatic carboxylic acids is 1. The van der Waals surface area contributed by atoms with Crippen molar-refractivity contribution in [2.75, 3.05) is 0 Å². The average molecular weight is 369 g/mol. The largest absolute Gasteiger partial charge is 0.508 e. The molecule has 0 amide bonds. The highest BCUT2D eigenvalue weighted by Crippen LogP contribution is 2.40. The molecule has 1 atom stereocenters. The van der Waals surface area contributed by atoms with E-state index in [1.54, 1.807) is 24.3 Å². The fourth-order valence-electron chi connectivity index (χ4n) is 2.94. The number of carboxylic acids is 1. The fraction of sp³-hybridized carbons (Fsp3) is 0.238. The quantitative estimate of drug-likeness (QED) is 0.680. The monoisotopic (exact) mass is 369 g/mol. The van der Waals surface area contributed by atoms with Crippen LogP contribution in [0.25, 0.3) is 21.9 Å². The molecule has 0 aliphatic carbocycles. The number of hydrogen-bond acceptors (Lipinski definition) is 4. The first-order valence-corrected chi connectivity index (χ1v) is 8.60. The van der Waals surface area contributed by atoms with Crippen LogP contribution in [0.2, 0.25) is 0 Å². The first-order chi connectivity index (χ1) is 12.8. The molecular formula is C21H20FNO4. The molecule has 0 fully saturated rings. The molecule has 0 radical (unpaired) electrons. The number of ether oxygens (including phenoxy) is 1. The van der Waals surface area contributed by atoms with Gasteiger partial charge in [0.1, 0.15) is 11.6 Å². The summed E-state index contributed by atoms with van der Waals surface area (Å²) in [5.41, 5.74) is 2.28. The average Bonchev–Trinajstić information content (AvgIpc) is 2.62. The van der Waals surface area contributed by atoms with E-state index < -0.39 is 12.1 Å². The molecule has 0 saturated heterocycles. The molecule has 1 heterocycles. The Morgan fingerprint density at radius 2 is 1.74 bits per heavy atom. The number of aromatic nitrogens is 1. The van der Waals surface area contributed by atoms with Gasteiger partial charge in [-0.1, -0.05) is 26.0 Å². The van der Waals surface area contributed by atoms with E-state index in [-0.39, 0.29) is 23.4 Å². The van der Waals surface area contributed by atoms with Gasteiger partial charge in [0.2, 0.25) is 5.88 Å². The summed E-state index contributed by atoms with van der Waals surface area (Å²) < 4.78 is 19.0. The van der Waals surface area contributed by atoms with E-state index in [1.807, 2.05) is 13.8 Å². The number of fused-ring (bicyclic) bond motifs is 1. The van der Waals surface area contributed by atoms with Crippen molar-refractivity contribution >= 4 is 16.7 Å². The maximum atomic E-state index is 13.4. The van der Waals surface area contributed by atoms with E-state index in [9.17, 15) is 14.3 Å². The Balaban J connectivity index is 2.33. The van der Waals surface area contributed by atoms with Gasteiger partial charge >= 0.3 is 5.97 Å². The van der Waals surface area contributed by atoms with Gasteiger partial charge in [-0.2, -0.15) is 0 Å². The molecule has 5 nitrogen and oxygen atoms in total. The zero-order chi connectivity index (χ0) is 19.7. The molecule has 0 aliphatic rings. The van der Waals surface area contributed by atoms with Crippen molar-refractivity contribution in [3.05, 3.63) is 54.0 Å². The minimum Gasteiger partial charge on any atom is -0.508 e. The molecule has 0 bridgehead atoms. The molecule has 0 saturated carbocycles. The molecular weight excluding hydrogens is 349 g/mol. The summed E-state index contributed by atoms with van der Waals surface area (Å²) in [7, 11) is 0. The predicted octanol–water partition coefficient (Wildman–Crippen LogP) is 4.72. The Hall–Kier alpha value is -3.15. The number of hydrogen-bond donors (Lipinski definition) is 2. The van der Waals surface area contributed by atoms with E-state index in [1.165, 1.54) is 25.1 Å². The second-order valence-electron chi connectivity index (χ2n) is 6.67. The van der Waals surface area contributed by atoms with Crippen molar-refractivity contribution in [2.24, 2.45) is 0 Å². The SMILES string of the molecule is CC(Oc1nc(C(C)C)c(-c2ccc(F)cc2)c2ccc(O)cc12)C(=O)O. The van der Waals surface area contributed by atoms with Gasteiger partial charge < -0.3 is 14.9 Å². The Morgan fingerprint density at radius 3 is 2.33 bits per heavy atom. The summed E-state index contributed by atoms with van der Waals surface area (Å²) in [6.07, 6.45) is -1.10. The molecule has 2 N–H and O–H groups in total. The van der Waals surface area contributed by atoms with Gasteiger partial charge in [0.25, 0.3) is 0 Å². The number of halogens is 1. The van der Waals surface area contributed by atoms with E-state index in [0.29, 0.717) is 11.1 Å². The topological polar surface area (TPSA) is 79.7 Å². The van der Waals surface area contributed by atoms with Gasteiger partial charge in [0.05, 0.1) is 5.69 Å².